The van der Waals surface area contributed by atoms with E-state index >= 15 is 0 Å². The van der Waals surface area contributed by atoms with E-state index < -0.39 is 6.36 Å². The molecular formula is C12H9F3O. The highest BCUT2D eigenvalue weighted by molar-refractivity contribution is 5.49. The molecule has 0 saturated carbocycles. The van der Waals surface area contributed by atoms with Crippen molar-refractivity contribution in [3.8, 4) is 0 Å². The van der Waals surface area contributed by atoms with Gasteiger partial charge in [0.1, 0.15) is 5.76 Å². The van der Waals surface area contributed by atoms with Gasteiger partial charge in [-0.1, -0.05) is 30.4 Å². The predicted molar refractivity (Wildman–Crippen MR) is 54.3 cm³/mol. The van der Waals surface area contributed by atoms with Crippen molar-refractivity contribution in [2.75, 3.05) is 0 Å². The molecule has 0 amide bonds. The van der Waals surface area contributed by atoms with Gasteiger partial charge in [0.2, 0.25) is 0 Å². The van der Waals surface area contributed by atoms with Gasteiger partial charge in [-0.25, -0.2) is 0 Å². The first-order valence-corrected chi connectivity index (χ1v) is 4.76. The average Bonchev–Trinajstić information content (AvgIpc) is 2.69. The van der Waals surface area contributed by atoms with Crippen LogP contribution in [0.4, 0.5) is 13.2 Å². The first kappa shape index (κ1) is 10.8. The summed E-state index contributed by atoms with van der Waals surface area (Å²) in [6.45, 7) is 0. The van der Waals surface area contributed by atoms with Crippen LogP contribution in [0.1, 0.15) is 6.42 Å². The normalized spacial score (nSPS) is 19.3. The molecule has 0 atom stereocenters. The summed E-state index contributed by atoms with van der Waals surface area (Å²) in [6.07, 6.45) is 7.86. The van der Waals surface area contributed by atoms with Gasteiger partial charge in [-0.2, -0.15) is 0 Å². The minimum absolute atomic E-state index is 0.150. The molecular weight excluding hydrogens is 217 g/mol. The van der Waals surface area contributed by atoms with Crippen LogP contribution in [-0.4, -0.2) is 6.36 Å². The second kappa shape index (κ2) is 4.04. The van der Waals surface area contributed by atoms with Crippen molar-refractivity contribution in [2.45, 2.75) is 12.8 Å². The zero-order valence-corrected chi connectivity index (χ0v) is 8.29. The molecule has 16 heavy (non-hydrogen) atoms. The van der Waals surface area contributed by atoms with Crippen LogP contribution in [-0.2, 0) is 4.74 Å². The van der Waals surface area contributed by atoms with E-state index in [9.17, 15) is 13.2 Å². The van der Waals surface area contributed by atoms with Gasteiger partial charge in [-0.3, -0.25) is 0 Å². The minimum atomic E-state index is -4.62. The Balaban J connectivity index is 2.07. The van der Waals surface area contributed by atoms with Crippen LogP contribution in [0.2, 0.25) is 0 Å². The molecule has 4 heteroatoms. The van der Waals surface area contributed by atoms with Gasteiger partial charge in [0.25, 0.3) is 0 Å². The first-order valence-electron chi connectivity index (χ1n) is 4.76. The van der Waals surface area contributed by atoms with Crippen molar-refractivity contribution >= 4 is 0 Å². The average molecular weight is 226 g/mol. The van der Waals surface area contributed by atoms with Crippen LogP contribution in [0, 0.1) is 0 Å². The Morgan fingerprint density at radius 3 is 2.19 bits per heavy atom. The van der Waals surface area contributed by atoms with Gasteiger partial charge in [-0.15, -0.1) is 13.2 Å². The van der Waals surface area contributed by atoms with Crippen LogP contribution in [0.5, 0.6) is 0 Å². The molecule has 0 bridgehead atoms. The van der Waals surface area contributed by atoms with Gasteiger partial charge in [0.05, 0.1) is 0 Å². The predicted octanol–water partition coefficient (Wildman–Crippen LogP) is 3.79. The van der Waals surface area contributed by atoms with Crippen LogP contribution >= 0.6 is 0 Å². The lowest BCUT2D eigenvalue weighted by molar-refractivity contribution is -0.303. The topological polar surface area (TPSA) is 9.23 Å². The minimum Gasteiger partial charge on any atom is -0.406 e. The monoisotopic (exact) mass is 226 g/mol. The van der Waals surface area contributed by atoms with Gasteiger partial charge >= 0.3 is 6.36 Å². The molecule has 0 heterocycles. The van der Waals surface area contributed by atoms with Crippen molar-refractivity contribution in [3.63, 3.8) is 0 Å². The van der Waals surface area contributed by atoms with Crippen molar-refractivity contribution in [2.24, 2.45) is 0 Å². The first-order chi connectivity index (χ1) is 7.54. The number of hydrogen-bond acceptors (Lipinski definition) is 1. The third kappa shape index (κ3) is 2.66. The maximum atomic E-state index is 11.9. The fourth-order valence-corrected chi connectivity index (χ4v) is 1.54. The standard InChI is InChI=1S/C12H9F3O/c13-12(14,15)16-11-7-5-10(6-8-11)9-3-1-2-4-9/h1-5,7-8H,6H2. The Hall–Kier alpha value is -1.71. The molecule has 2 rings (SSSR count). The Labute approximate surface area is 90.9 Å². The Bertz CT molecular complexity index is 420. The van der Waals surface area contributed by atoms with Gasteiger partial charge in [0, 0.05) is 0 Å². The summed E-state index contributed by atoms with van der Waals surface area (Å²) in [5.41, 5.74) is 2.01. The summed E-state index contributed by atoms with van der Waals surface area (Å²) in [7, 11) is 0. The van der Waals surface area contributed by atoms with E-state index in [1.54, 1.807) is 6.08 Å². The molecule has 2 aliphatic carbocycles. The van der Waals surface area contributed by atoms with E-state index in [1.165, 1.54) is 12.2 Å². The fraction of sp³-hybridized carbons (Fsp3) is 0.167. The second-order valence-electron chi connectivity index (χ2n) is 3.39. The molecule has 0 unspecified atom stereocenters. The fourth-order valence-electron chi connectivity index (χ4n) is 1.54. The Kier molecular flexibility index (Phi) is 2.73. The van der Waals surface area contributed by atoms with Crippen molar-refractivity contribution in [3.05, 3.63) is 59.4 Å². The van der Waals surface area contributed by atoms with Crippen LogP contribution in [0.3, 0.4) is 0 Å². The van der Waals surface area contributed by atoms with Crippen molar-refractivity contribution in [1.82, 2.24) is 0 Å². The van der Waals surface area contributed by atoms with E-state index in [-0.39, 0.29) is 5.76 Å². The molecule has 0 N–H and O–H groups in total. The summed E-state index contributed by atoms with van der Waals surface area (Å²) in [5, 5.41) is 0. The maximum absolute atomic E-state index is 11.9. The zero-order chi connectivity index (χ0) is 11.6. The number of allylic oxidation sites excluding steroid dienone is 9. The van der Waals surface area contributed by atoms with Gasteiger partial charge in [0.15, 0.2) is 0 Å². The third-order valence-electron chi connectivity index (χ3n) is 2.24. The summed E-state index contributed by atoms with van der Waals surface area (Å²) in [4.78, 5) is 0. The molecule has 0 aromatic rings. The second-order valence-corrected chi connectivity index (χ2v) is 3.39. The lowest BCUT2D eigenvalue weighted by Crippen LogP contribution is -2.12. The molecule has 0 saturated heterocycles. The molecule has 0 fully saturated rings. The van der Waals surface area contributed by atoms with E-state index in [0.717, 1.165) is 11.1 Å². The summed E-state index contributed by atoms with van der Waals surface area (Å²) in [6, 6.07) is 0. The number of rotatable bonds is 1. The highest BCUT2D eigenvalue weighted by Crippen LogP contribution is 2.27. The molecule has 0 aliphatic heterocycles. The highest BCUT2D eigenvalue weighted by Gasteiger charge is 2.31. The van der Waals surface area contributed by atoms with Gasteiger partial charge < -0.3 is 4.74 Å². The number of alkyl halides is 3. The summed E-state index contributed by atoms with van der Waals surface area (Å²) in [5.74, 6) is -0.150. The molecule has 0 aromatic heterocycles. The Morgan fingerprint density at radius 2 is 1.69 bits per heavy atom. The summed E-state index contributed by atoms with van der Waals surface area (Å²) >= 11 is 0. The smallest absolute Gasteiger partial charge is 0.406 e. The maximum Gasteiger partial charge on any atom is 0.573 e. The quantitative estimate of drug-likeness (QED) is 0.661. The van der Waals surface area contributed by atoms with Crippen molar-refractivity contribution in [1.29, 1.82) is 0 Å². The van der Waals surface area contributed by atoms with E-state index in [0.29, 0.717) is 6.42 Å². The molecule has 2 aliphatic rings. The molecule has 0 aromatic carbocycles. The number of ether oxygens (including phenoxy) is 1. The molecule has 84 valence electrons. The van der Waals surface area contributed by atoms with Crippen LogP contribution < -0.4 is 0 Å². The molecule has 0 radical (unpaired) electrons. The lowest BCUT2D eigenvalue weighted by Gasteiger charge is -2.13. The number of halogens is 3. The van der Waals surface area contributed by atoms with Crippen LogP contribution in [0.15, 0.2) is 59.4 Å². The summed E-state index contributed by atoms with van der Waals surface area (Å²) < 4.78 is 39.5. The number of hydrogen-bond donors (Lipinski definition) is 0. The Morgan fingerprint density at radius 1 is 1.00 bits per heavy atom. The van der Waals surface area contributed by atoms with E-state index in [1.807, 2.05) is 24.3 Å². The highest BCUT2D eigenvalue weighted by atomic mass is 19.4. The third-order valence-corrected chi connectivity index (χ3v) is 2.24. The van der Waals surface area contributed by atoms with E-state index in [4.69, 9.17) is 0 Å². The lowest BCUT2D eigenvalue weighted by atomic mass is 10.0. The largest absolute Gasteiger partial charge is 0.573 e. The van der Waals surface area contributed by atoms with E-state index in [2.05, 4.69) is 4.74 Å². The molecule has 1 nitrogen and oxygen atoms in total. The molecule has 0 spiro atoms. The van der Waals surface area contributed by atoms with Crippen molar-refractivity contribution < 1.29 is 17.9 Å². The SMILES string of the molecule is FC(F)(F)OC1=CCC(=C2C=CC=C2)C=C1. The zero-order valence-electron chi connectivity index (χ0n) is 8.29. The van der Waals surface area contributed by atoms with Crippen LogP contribution in [0.25, 0.3) is 0 Å². The van der Waals surface area contributed by atoms with Gasteiger partial charge in [-0.05, 0) is 29.7 Å².